The fourth-order valence-electron chi connectivity index (χ4n) is 3.02. The first-order valence-electron chi connectivity index (χ1n) is 8.55. The lowest BCUT2D eigenvalue weighted by Crippen LogP contribution is -2.40. The predicted octanol–water partition coefficient (Wildman–Crippen LogP) is 3.06. The van der Waals surface area contributed by atoms with Gasteiger partial charge in [-0.05, 0) is 23.6 Å². The van der Waals surface area contributed by atoms with Gasteiger partial charge in [0.25, 0.3) is 0 Å². The zero-order valence-corrected chi connectivity index (χ0v) is 18.3. The highest BCUT2D eigenvalue weighted by molar-refractivity contribution is 14.0. The minimum atomic E-state index is -4.38. The van der Waals surface area contributed by atoms with Crippen molar-refractivity contribution in [2.24, 2.45) is 16.8 Å². The number of guanidine groups is 1. The van der Waals surface area contributed by atoms with E-state index in [9.17, 15) is 18.0 Å². The van der Waals surface area contributed by atoms with Crippen LogP contribution < -0.4 is 10.1 Å². The van der Waals surface area contributed by atoms with E-state index in [2.05, 4.69) is 10.3 Å². The van der Waals surface area contributed by atoms with Crippen molar-refractivity contribution in [3.8, 4) is 5.75 Å². The number of ether oxygens (including phenoxy) is 2. The van der Waals surface area contributed by atoms with Gasteiger partial charge in [0.2, 0.25) is 0 Å². The Labute approximate surface area is 179 Å². The SMILES string of the molecule is CN=C(NCc1cccc(OCC(F)(F)F)c1)N1CC(C)C(C(=O)OC)C1.I. The second-order valence-corrected chi connectivity index (χ2v) is 6.46. The molecule has 2 rings (SSSR count). The molecule has 0 saturated carbocycles. The maximum Gasteiger partial charge on any atom is 0.422 e. The number of aliphatic imine (C=N–C) groups is 1. The van der Waals surface area contributed by atoms with Crippen molar-refractivity contribution >= 4 is 35.9 Å². The average molecular weight is 515 g/mol. The van der Waals surface area contributed by atoms with Crippen molar-refractivity contribution < 1.29 is 27.4 Å². The average Bonchev–Trinajstić information content (AvgIpc) is 3.01. The smallest absolute Gasteiger partial charge is 0.422 e. The number of rotatable bonds is 5. The lowest BCUT2D eigenvalue weighted by Gasteiger charge is -2.21. The van der Waals surface area contributed by atoms with E-state index in [1.54, 1.807) is 25.2 Å². The molecular formula is C18H25F3IN3O3. The number of carbonyl (C=O) groups is 1. The number of hydrogen-bond acceptors (Lipinski definition) is 4. The second-order valence-electron chi connectivity index (χ2n) is 6.46. The molecule has 28 heavy (non-hydrogen) atoms. The normalized spacial score (nSPS) is 19.8. The first-order valence-corrected chi connectivity index (χ1v) is 8.55. The van der Waals surface area contributed by atoms with Crippen LogP contribution in [0.5, 0.6) is 5.75 Å². The lowest BCUT2D eigenvalue weighted by atomic mass is 9.99. The van der Waals surface area contributed by atoms with Gasteiger partial charge in [0, 0.05) is 26.7 Å². The zero-order chi connectivity index (χ0) is 20.0. The predicted molar refractivity (Wildman–Crippen MR) is 110 cm³/mol. The quantitative estimate of drug-likeness (QED) is 0.283. The van der Waals surface area contributed by atoms with Gasteiger partial charge in [0.1, 0.15) is 5.75 Å². The van der Waals surface area contributed by atoms with E-state index >= 15 is 0 Å². The molecule has 1 heterocycles. The number of methoxy groups -OCH3 is 1. The molecule has 1 aromatic rings. The molecule has 0 aromatic heterocycles. The number of alkyl halides is 3. The molecule has 10 heteroatoms. The third-order valence-electron chi connectivity index (χ3n) is 4.38. The van der Waals surface area contributed by atoms with E-state index in [1.165, 1.54) is 13.2 Å². The Morgan fingerprint density at radius 2 is 2.07 bits per heavy atom. The second kappa shape index (κ2) is 10.7. The van der Waals surface area contributed by atoms with Crippen LogP contribution in [-0.4, -0.2) is 56.9 Å². The third-order valence-corrected chi connectivity index (χ3v) is 4.38. The van der Waals surface area contributed by atoms with Gasteiger partial charge >= 0.3 is 12.1 Å². The van der Waals surface area contributed by atoms with Crippen LogP contribution in [0.25, 0.3) is 0 Å². The van der Waals surface area contributed by atoms with Gasteiger partial charge in [-0.25, -0.2) is 0 Å². The van der Waals surface area contributed by atoms with E-state index in [1.807, 2.05) is 11.8 Å². The Hall–Kier alpha value is -1.72. The van der Waals surface area contributed by atoms with Crippen molar-refractivity contribution in [3.05, 3.63) is 29.8 Å². The number of nitrogens with zero attached hydrogens (tertiary/aromatic N) is 2. The molecular weight excluding hydrogens is 490 g/mol. The molecule has 0 amide bonds. The van der Waals surface area contributed by atoms with Crippen LogP contribution in [-0.2, 0) is 16.1 Å². The molecule has 2 atom stereocenters. The van der Waals surface area contributed by atoms with Gasteiger partial charge in [-0.1, -0.05) is 19.1 Å². The van der Waals surface area contributed by atoms with Crippen molar-refractivity contribution in [1.82, 2.24) is 10.2 Å². The molecule has 1 aliphatic rings. The summed E-state index contributed by atoms with van der Waals surface area (Å²) in [6.07, 6.45) is -4.38. The molecule has 1 aromatic carbocycles. The molecule has 0 bridgehead atoms. The molecule has 1 N–H and O–H groups in total. The topological polar surface area (TPSA) is 63.2 Å². The summed E-state index contributed by atoms with van der Waals surface area (Å²) in [7, 11) is 3.01. The Kier molecular flexibility index (Phi) is 9.31. The first-order chi connectivity index (χ1) is 12.7. The number of likely N-dealkylation sites (tertiary alicyclic amines) is 1. The summed E-state index contributed by atoms with van der Waals surface area (Å²) in [4.78, 5) is 18.0. The zero-order valence-electron chi connectivity index (χ0n) is 16.0. The van der Waals surface area contributed by atoms with Gasteiger partial charge < -0.3 is 19.7 Å². The molecule has 6 nitrogen and oxygen atoms in total. The van der Waals surface area contributed by atoms with Crippen molar-refractivity contribution in [3.63, 3.8) is 0 Å². The van der Waals surface area contributed by atoms with Crippen LogP contribution in [0.1, 0.15) is 12.5 Å². The highest BCUT2D eigenvalue weighted by Gasteiger charge is 2.36. The summed E-state index contributed by atoms with van der Waals surface area (Å²) in [5, 5.41) is 3.17. The summed E-state index contributed by atoms with van der Waals surface area (Å²) < 4.78 is 46.4. The number of esters is 1. The Morgan fingerprint density at radius 1 is 1.36 bits per heavy atom. The molecule has 0 radical (unpaired) electrons. The summed E-state index contributed by atoms with van der Waals surface area (Å²) in [5.41, 5.74) is 0.757. The Morgan fingerprint density at radius 3 is 2.68 bits per heavy atom. The molecule has 1 aliphatic heterocycles. The van der Waals surface area contributed by atoms with Crippen LogP contribution in [0.2, 0.25) is 0 Å². The van der Waals surface area contributed by atoms with E-state index in [-0.39, 0.29) is 47.5 Å². The number of hydrogen-bond donors (Lipinski definition) is 1. The molecule has 1 saturated heterocycles. The van der Waals surface area contributed by atoms with Gasteiger partial charge in [0.15, 0.2) is 12.6 Å². The van der Waals surface area contributed by atoms with Crippen molar-refractivity contribution in [2.75, 3.05) is 33.9 Å². The standard InChI is InChI=1S/C18H24F3N3O3.HI/c1-12-9-24(10-15(12)16(25)26-3)17(22-2)23-8-13-5-4-6-14(7-13)27-11-18(19,20)21;/h4-7,12,15H,8-11H2,1-3H3,(H,22,23);1H. The molecule has 0 aliphatic carbocycles. The summed E-state index contributed by atoms with van der Waals surface area (Å²) in [5.74, 6) is 0.453. The molecule has 158 valence electrons. The number of carbonyl (C=O) groups excluding carboxylic acids is 1. The highest BCUT2D eigenvalue weighted by Crippen LogP contribution is 2.24. The summed E-state index contributed by atoms with van der Waals surface area (Å²) in [6.45, 7) is 2.18. The van der Waals surface area contributed by atoms with Crippen LogP contribution in [0.15, 0.2) is 29.3 Å². The van der Waals surface area contributed by atoms with Gasteiger partial charge in [-0.15, -0.1) is 24.0 Å². The first kappa shape index (κ1) is 24.3. The van der Waals surface area contributed by atoms with E-state index in [0.29, 0.717) is 25.6 Å². The summed E-state index contributed by atoms with van der Waals surface area (Å²) in [6, 6.07) is 6.45. The molecule has 2 unspecified atom stereocenters. The Bertz CT molecular complexity index is 686. The number of halogens is 4. The lowest BCUT2D eigenvalue weighted by molar-refractivity contribution is -0.153. The van der Waals surface area contributed by atoms with Gasteiger partial charge in [0.05, 0.1) is 13.0 Å². The van der Waals surface area contributed by atoms with Crippen molar-refractivity contribution in [2.45, 2.75) is 19.6 Å². The third kappa shape index (κ3) is 7.02. The number of nitrogens with one attached hydrogen (secondary N) is 1. The highest BCUT2D eigenvalue weighted by atomic mass is 127. The maximum atomic E-state index is 12.3. The van der Waals surface area contributed by atoms with Crippen LogP contribution in [0, 0.1) is 11.8 Å². The molecule has 0 spiro atoms. The van der Waals surface area contributed by atoms with Crippen molar-refractivity contribution in [1.29, 1.82) is 0 Å². The van der Waals surface area contributed by atoms with Crippen LogP contribution >= 0.6 is 24.0 Å². The number of benzene rings is 1. The van der Waals surface area contributed by atoms with E-state index in [4.69, 9.17) is 9.47 Å². The fraction of sp³-hybridized carbons (Fsp3) is 0.556. The Balaban J connectivity index is 0.00000392. The minimum absolute atomic E-state index is 0. The van der Waals surface area contributed by atoms with Crippen LogP contribution in [0.4, 0.5) is 13.2 Å². The largest absolute Gasteiger partial charge is 0.484 e. The summed E-state index contributed by atoms with van der Waals surface area (Å²) >= 11 is 0. The fourth-order valence-corrected chi connectivity index (χ4v) is 3.02. The monoisotopic (exact) mass is 515 g/mol. The van der Waals surface area contributed by atoms with E-state index < -0.39 is 12.8 Å². The minimum Gasteiger partial charge on any atom is -0.484 e. The van der Waals surface area contributed by atoms with E-state index in [0.717, 1.165) is 5.56 Å². The van der Waals surface area contributed by atoms with Gasteiger partial charge in [-0.3, -0.25) is 9.79 Å². The molecule has 1 fully saturated rings. The van der Waals surface area contributed by atoms with Gasteiger partial charge in [-0.2, -0.15) is 13.2 Å². The maximum absolute atomic E-state index is 12.3. The van der Waals surface area contributed by atoms with Crippen LogP contribution in [0.3, 0.4) is 0 Å².